The molecular formula is C20H28N2O4S. The second-order valence-corrected chi connectivity index (χ2v) is 8.59. The van der Waals surface area contributed by atoms with Crippen LogP contribution in [0.2, 0.25) is 0 Å². The van der Waals surface area contributed by atoms with Gasteiger partial charge in [-0.2, -0.15) is 0 Å². The summed E-state index contributed by atoms with van der Waals surface area (Å²) in [6.45, 7) is 3.03. The lowest BCUT2D eigenvalue weighted by Gasteiger charge is -2.24. The van der Waals surface area contributed by atoms with Crippen LogP contribution in [0.15, 0.2) is 0 Å². The van der Waals surface area contributed by atoms with E-state index in [2.05, 4.69) is 10.6 Å². The fourth-order valence-corrected chi connectivity index (χ4v) is 5.19. The molecule has 0 radical (unpaired) electrons. The highest BCUT2D eigenvalue weighted by atomic mass is 32.1. The number of aryl methyl sites for hydroxylation is 1. The van der Waals surface area contributed by atoms with Crippen molar-refractivity contribution in [1.82, 2.24) is 5.32 Å². The Morgan fingerprint density at radius 2 is 1.78 bits per heavy atom. The Balaban J connectivity index is 1.70. The molecule has 2 amide bonds. The number of rotatable bonds is 5. The van der Waals surface area contributed by atoms with E-state index in [1.165, 1.54) is 24.7 Å². The molecule has 1 aromatic rings. The van der Waals surface area contributed by atoms with Crippen molar-refractivity contribution in [3.8, 4) is 0 Å². The summed E-state index contributed by atoms with van der Waals surface area (Å²) in [6.07, 6.45) is 8.39. The summed E-state index contributed by atoms with van der Waals surface area (Å²) < 4.78 is 5.49. The van der Waals surface area contributed by atoms with Gasteiger partial charge in [-0.25, -0.2) is 4.79 Å². The molecular weight excluding hydrogens is 364 g/mol. The van der Waals surface area contributed by atoms with E-state index in [1.54, 1.807) is 6.92 Å². The first-order valence-corrected chi connectivity index (χ1v) is 10.7. The molecule has 1 fully saturated rings. The fourth-order valence-electron chi connectivity index (χ4n) is 3.87. The van der Waals surface area contributed by atoms with Crippen molar-refractivity contribution in [3.05, 3.63) is 16.0 Å². The van der Waals surface area contributed by atoms with Gasteiger partial charge < -0.3 is 15.4 Å². The summed E-state index contributed by atoms with van der Waals surface area (Å²) in [5, 5.41) is 6.29. The van der Waals surface area contributed by atoms with Crippen molar-refractivity contribution in [2.45, 2.75) is 83.8 Å². The quantitative estimate of drug-likeness (QED) is 0.750. The highest BCUT2D eigenvalue weighted by Gasteiger charge is 2.29. The molecule has 1 atom stereocenters. The first-order chi connectivity index (χ1) is 13.0. The van der Waals surface area contributed by atoms with Crippen molar-refractivity contribution in [2.24, 2.45) is 0 Å². The Morgan fingerprint density at radius 1 is 1.07 bits per heavy atom. The van der Waals surface area contributed by atoms with Crippen LogP contribution in [0.1, 0.15) is 79.6 Å². The van der Waals surface area contributed by atoms with Gasteiger partial charge in [0.2, 0.25) is 5.91 Å². The standard InChI is InChI=1S/C20H28N2O4S/c1-12(18(24)22-14-8-4-3-5-9-14)26-20(25)17-15-10-6-7-11-16(15)27-19(17)21-13(2)23/h12,14H,3-11H2,1-2H3,(H,21,23)(H,22,24)/t12-/m1/s1. The molecule has 2 N–H and O–H groups in total. The summed E-state index contributed by atoms with van der Waals surface area (Å²) in [5.74, 6) is -0.990. The number of ether oxygens (including phenoxy) is 1. The number of carbonyl (C=O) groups excluding carboxylic acids is 3. The molecule has 2 aliphatic carbocycles. The Morgan fingerprint density at radius 3 is 2.48 bits per heavy atom. The smallest absolute Gasteiger partial charge is 0.342 e. The minimum atomic E-state index is -0.858. The predicted octanol–water partition coefficient (Wildman–Crippen LogP) is 3.58. The average molecular weight is 393 g/mol. The van der Waals surface area contributed by atoms with Gasteiger partial charge in [0, 0.05) is 17.8 Å². The van der Waals surface area contributed by atoms with E-state index in [0.717, 1.165) is 61.8 Å². The number of esters is 1. The van der Waals surface area contributed by atoms with E-state index in [-0.39, 0.29) is 17.9 Å². The van der Waals surface area contributed by atoms with Crippen LogP contribution >= 0.6 is 11.3 Å². The van der Waals surface area contributed by atoms with Gasteiger partial charge in [0.1, 0.15) is 5.00 Å². The molecule has 148 valence electrons. The van der Waals surface area contributed by atoms with Gasteiger partial charge in [-0.15, -0.1) is 11.3 Å². The maximum atomic E-state index is 12.8. The van der Waals surface area contributed by atoms with Crippen molar-refractivity contribution >= 4 is 34.1 Å². The van der Waals surface area contributed by atoms with Crippen LogP contribution in [-0.2, 0) is 27.2 Å². The van der Waals surface area contributed by atoms with Crippen molar-refractivity contribution in [2.75, 3.05) is 5.32 Å². The third kappa shape index (κ3) is 4.89. The lowest BCUT2D eigenvalue weighted by Crippen LogP contribution is -2.42. The lowest BCUT2D eigenvalue weighted by molar-refractivity contribution is -0.130. The van der Waals surface area contributed by atoms with Crippen molar-refractivity contribution in [1.29, 1.82) is 0 Å². The summed E-state index contributed by atoms with van der Waals surface area (Å²) in [5.41, 5.74) is 1.40. The molecule has 1 aromatic heterocycles. The molecule has 2 aliphatic rings. The largest absolute Gasteiger partial charge is 0.449 e. The number of fused-ring (bicyclic) bond motifs is 1. The van der Waals surface area contributed by atoms with Gasteiger partial charge in [-0.05, 0) is 51.0 Å². The van der Waals surface area contributed by atoms with E-state index in [0.29, 0.717) is 10.6 Å². The maximum absolute atomic E-state index is 12.8. The van der Waals surface area contributed by atoms with Crippen LogP contribution in [0.4, 0.5) is 5.00 Å². The van der Waals surface area contributed by atoms with Gasteiger partial charge in [-0.3, -0.25) is 9.59 Å². The lowest BCUT2D eigenvalue weighted by atomic mass is 9.95. The van der Waals surface area contributed by atoms with Crippen LogP contribution in [0.5, 0.6) is 0 Å². The van der Waals surface area contributed by atoms with E-state index < -0.39 is 12.1 Å². The summed E-state index contributed by atoms with van der Waals surface area (Å²) in [7, 11) is 0. The molecule has 0 saturated heterocycles. The topological polar surface area (TPSA) is 84.5 Å². The van der Waals surface area contributed by atoms with Crippen LogP contribution in [0.25, 0.3) is 0 Å². The van der Waals surface area contributed by atoms with Crippen LogP contribution in [0, 0.1) is 0 Å². The summed E-state index contributed by atoms with van der Waals surface area (Å²) in [4.78, 5) is 37.9. The number of amides is 2. The van der Waals surface area contributed by atoms with E-state index in [9.17, 15) is 14.4 Å². The van der Waals surface area contributed by atoms with E-state index >= 15 is 0 Å². The Labute approximate surface area is 164 Å². The van der Waals surface area contributed by atoms with Gasteiger partial charge >= 0.3 is 5.97 Å². The van der Waals surface area contributed by atoms with Crippen LogP contribution in [0.3, 0.4) is 0 Å². The van der Waals surface area contributed by atoms with Crippen molar-refractivity contribution in [3.63, 3.8) is 0 Å². The van der Waals surface area contributed by atoms with E-state index in [1.807, 2.05) is 0 Å². The maximum Gasteiger partial charge on any atom is 0.342 e. The molecule has 7 heteroatoms. The number of nitrogens with one attached hydrogen (secondary N) is 2. The average Bonchev–Trinajstić information content (AvgIpc) is 2.99. The number of hydrogen-bond donors (Lipinski definition) is 2. The molecule has 0 unspecified atom stereocenters. The Kier molecular flexibility index (Phi) is 6.52. The Hall–Kier alpha value is -1.89. The minimum absolute atomic E-state index is 0.177. The first-order valence-electron chi connectivity index (χ1n) is 9.89. The molecule has 1 saturated carbocycles. The minimum Gasteiger partial charge on any atom is -0.449 e. The molecule has 0 spiro atoms. The van der Waals surface area contributed by atoms with Crippen LogP contribution < -0.4 is 10.6 Å². The molecule has 6 nitrogen and oxygen atoms in total. The van der Waals surface area contributed by atoms with Gasteiger partial charge in [0.25, 0.3) is 5.91 Å². The SMILES string of the molecule is CC(=O)Nc1sc2c(c1C(=O)O[C@H](C)C(=O)NC1CCCCC1)CCCC2. The normalized spacial score (nSPS) is 18.3. The molecule has 1 heterocycles. The third-order valence-electron chi connectivity index (χ3n) is 5.27. The second-order valence-electron chi connectivity index (χ2n) is 7.49. The van der Waals surface area contributed by atoms with Gasteiger partial charge in [-0.1, -0.05) is 19.3 Å². The zero-order valence-electron chi connectivity index (χ0n) is 16.1. The first kappa shape index (κ1) is 19.9. The number of carbonyl (C=O) groups is 3. The summed E-state index contributed by atoms with van der Waals surface area (Å²) >= 11 is 1.45. The molecule has 0 aromatic carbocycles. The van der Waals surface area contributed by atoms with Crippen molar-refractivity contribution < 1.29 is 19.1 Å². The number of anilines is 1. The van der Waals surface area contributed by atoms with Crippen LogP contribution in [-0.4, -0.2) is 29.9 Å². The van der Waals surface area contributed by atoms with Gasteiger partial charge in [0.05, 0.1) is 5.56 Å². The molecule has 27 heavy (non-hydrogen) atoms. The number of thiophene rings is 1. The fraction of sp³-hybridized carbons (Fsp3) is 0.650. The summed E-state index contributed by atoms with van der Waals surface area (Å²) in [6, 6.07) is 0.177. The van der Waals surface area contributed by atoms with E-state index in [4.69, 9.17) is 4.74 Å². The highest BCUT2D eigenvalue weighted by molar-refractivity contribution is 7.17. The predicted molar refractivity (Wildman–Crippen MR) is 105 cm³/mol. The monoisotopic (exact) mass is 392 g/mol. The zero-order valence-corrected chi connectivity index (χ0v) is 16.9. The Bertz CT molecular complexity index is 722. The number of hydrogen-bond acceptors (Lipinski definition) is 5. The second kappa shape index (κ2) is 8.87. The molecule has 3 rings (SSSR count). The molecule has 0 aliphatic heterocycles. The zero-order chi connectivity index (χ0) is 19.4. The third-order valence-corrected chi connectivity index (χ3v) is 6.48. The van der Waals surface area contributed by atoms with Gasteiger partial charge in [0.15, 0.2) is 6.10 Å². The highest BCUT2D eigenvalue weighted by Crippen LogP contribution is 2.38. The molecule has 0 bridgehead atoms.